The van der Waals surface area contributed by atoms with Crippen molar-refractivity contribution in [2.24, 2.45) is 0 Å². The van der Waals surface area contributed by atoms with Gasteiger partial charge < -0.3 is 19.1 Å². The zero-order valence-electron chi connectivity index (χ0n) is 18.3. The van der Waals surface area contributed by atoms with Crippen LogP contribution in [0.1, 0.15) is 11.4 Å². The van der Waals surface area contributed by atoms with Crippen molar-refractivity contribution in [2.75, 3.05) is 13.7 Å². The molecule has 0 saturated heterocycles. The van der Waals surface area contributed by atoms with Gasteiger partial charge in [-0.2, -0.15) is 17.5 Å². The van der Waals surface area contributed by atoms with Crippen LogP contribution in [0.2, 0.25) is 0 Å². The maximum atomic E-state index is 13.0. The molecule has 3 heterocycles. The number of carbonyl (C=O) groups is 1. The number of halogens is 3. The minimum Gasteiger partial charge on any atom is -0.497 e. The van der Waals surface area contributed by atoms with Crippen molar-refractivity contribution in [1.29, 1.82) is 0 Å². The molecular weight excluding hydrogens is 493 g/mol. The summed E-state index contributed by atoms with van der Waals surface area (Å²) in [5, 5.41) is 7.12. The molecule has 1 aromatic carbocycles. The molecule has 14 heteroatoms. The highest BCUT2D eigenvalue weighted by Crippen LogP contribution is 2.25. The largest absolute Gasteiger partial charge is 0.497 e. The Balaban J connectivity index is 0.000000429. The van der Waals surface area contributed by atoms with Crippen LogP contribution in [-0.4, -0.2) is 58.2 Å². The molecule has 0 amide bonds. The number of aromatic nitrogens is 3. The van der Waals surface area contributed by atoms with Gasteiger partial charge in [0, 0.05) is 19.3 Å². The highest BCUT2D eigenvalue weighted by molar-refractivity contribution is 7.89. The molecule has 1 N–H and O–H groups in total. The van der Waals surface area contributed by atoms with Crippen LogP contribution in [0.4, 0.5) is 13.2 Å². The minimum atomic E-state index is -5.08. The summed E-state index contributed by atoms with van der Waals surface area (Å²) in [5.74, 6) is -1.50. The topological polar surface area (TPSA) is 124 Å². The lowest BCUT2D eigenvalue weighted by Gasteiger charge is -2.28. The standard InChI is InChI=1S/C19H20N4O4S.C2HF3O2/c1-26-15-4-6-17(7-5-15)28(24,25)23-10-9-22-14-21-18(19(22)12-23)13-27-16-3-2-8-20-11-16;3-2(4,5)1(6)7/h2-8,11,14H,9-10,12-13H2,1H3;(H,6,7). The van der Waals surface area contributed by atoms with Crippen LogP contribution in [0.25, 0.3) is 0 Å². The fourth-order valence-corrected chi connectivity index (χ4v) is 4.49. The lowest BCUT2D eigenvalue weighted by Crippen LogP contribution is -2.38. The van der Waals surface area contributed by atoms with Crippen LogP contribution >= 0.6 is 0 Å². The third-order valence-electron chi connectivity index (χ3n) is 4.90. The van der Waals surface area contributed by atoms with Crippen LogP contribution in [0, 0.1) is 0 Å². The summed E-state index contributed by atoms with van der Waals surface area (Å²) in [6.45, 7) is 1.44. The second kappa shape index (κ2) is 10.7. The summed E-state index contributed by atoms with van der Waals surface area (Å²) in [5.41, 5.74) is 1.56. The van der Waals surface area contributed by atoms with Gasteiger partial charge in [0.15, 0.2) is 0 Å². The fourth-order valence-electron chi connectivity index (χ4n) is 3.10. The Kier molecular flexibility index (Phi) is 7.96. The molecule has 0 radical (unpaired) electrons. The molecule has 35 heavy (non-hydrogen) atoms. The lowest BCUT2D eigenvalue weighted by molar-refractivity contribution is -0.192. The van der Waals surface area contributed by atoms with Crippen molar-refractivity contribution in [1.82, 2.24) is 18.8 Å². The zero-order chi connectivity index (χ0) is 25.6. The third-order valence-corrected chi connectivity index (χ3v) is 6.76. The van der Waals surface area contributed by atoms with E-state index in [2.05, 4.69) is 9.97 Å². The van der Waals surface area contributed by atoms with Crippen LogP contribution in [0.5, 0.6) is 11.5 Å². The number of hydrogen-bond donors (Lipinski definition) is 1. The van der Waals surface area contributed by atoms with Gasteiger partial charge in [-0.15, -0.1) is 0 Å². The summed E-state index contributed by atoms with van der Waals surface area (Å²) >= 11 is 0. The second-order valence-corrected chi connectivity index (χ2v) is 9.06. The number of fused-ring (bicyclic) bond motifs is 1. The van der Waals surface area contributed by atoms with Crippen molar-refractivity contribution in [3.8, 4) is 11.5 Å². The van der Waals surface area contributed by atoms with E-state index < -0.39 is 22.2 Å². The predicted octanol–water partition coefficient (Wildman–Crippen LogP) is 2.70. The molecule has 0 unspecified atom stereocenters. The van der Waals surface area contributed by atoms with Gasteiger partial charge in [0.05, 0.1) is 36.8 Å². The Morgan fingerprint density at radius 3 is 2.40 bits per heavy atom. The Labute approximate surface area is 198 Å². The number of sulfonamides is 1. The molecule has 0 bridgehead atoms. The van der Waals surface area contributed by atoms with E-state index in [0.717, 1.165) is 11.4 Å². The smallest absolute Gasteiger partial charge is 0.490 e. The van der Waals surface area contributed by atoms with E-state index in [1.807, 2.05) is 10.6 Å². The highest BCUT2D eigenvalue weighted by Gasteiger charge is 2.38. The number of benzene rings is 1. The van der Waals surface area contributed by atoms with Gasteiger partial charge in [0.2, 0.25) is 10.0 Å². The van der Waals surface area contributed by atoms with Gasteiger partial charge in [0.25, 0.3) is 0 Å². The number of methoxy groups -OCH3 is 1. The van der Waals surface area contributed by atoms with Crippen LogP contribution in [0.3, 0.4) is 0 Å². The fraction of sp³-hybridized carbons (Fsp3) is 0.286. The summed E-state index contributed by atoms with van der Waals surface area (Å²) in [4.78, 5) is 17.6. The van der Waals surface area contributed by atoms with Crippen LogP contribution < -0.4 is 9.47 Å². The van der Waals surface area contributed by atoms with Crippen molar-refractivity contribution in [3.63, 3.8) is 0 Å². The number of imidazole rings is 1. The van der Waals surface area contributed by atoms with Crippen LogP contribution in [0.15, 0.2) is 60.0 Å². The number of nitrogens with zero attached hydrogens (tertiary/aromatic N) is 4. The molecule has 0 fully saturated rings. The molecular formula is C21H21F3N4O6S. The Morgan fingerprint density at radius 2 is 1.83 bits per heavy atom. The molecule has 0 aliphatic carbocycles. The van der Waals surface area contributed by atoms with Gasteiger partial charge in [0.1, 0.15) is 23.8 Å². The number of pyridine rings is 1. The predicted molar refractivity (Wildman–Crippen MR) is 115 cm³/mol. The molecule has 0 atom stereocenters. The Hall–Kier alpha value is -3.65. The van der Waals surface area contributed by atoms with Gasteiger partial charge in [-0.05, 0) is 36.4 Å². The van der Waals surface area contributed by atoms with E-state index in [1.54, 1.807) is 56.2 Å². The maximum Gasteiger partial charge on any atom is 0.490 e. The van der Waals surface area contributed by atoms with Gasteiger partial charge in [-0.25, -0.2) is 18.2 Å². The molecule has 10 nitrogen and oxygen atoms in total. The average molecular weight is 514 g/mol. The number of carboxylic acid groups (broad SMARTS) is 1. The van der Waals surface area contributed by atoms with E-state index in [9.17, 15) is 21.6 Å². The summed E-state index contributed by atoms with van der Waals surface area (Å²) in [6, 6.07) is 10.0. The average Bonchev–Trinajstić information content (AvgIpc) is 3.25. The van der Waals surface area contributed by atoms with Crippen molar-refractivity contribution < 1.29 is 41.0 Å². The van der Waals surface area contributed by atoms with E-state index in [-0.39, 0.29) is 18.0 Å². The van der Waals surface area contributed by atoms with Crippen LogP contribution in [-0.2, 0) is 34.5 Å². The molecule has 0 saturated carbocycles. The number of hydrogen-bond acceptors (Lipinski definition) is 7. The van der Waals surface area contributed by atoms with Crippen molar-refractivity contribution >= 4 is 16.0 Å². The molecule has 1 aliphatic heterocycles. The van der Waals surface area contributed by atoms with E-state index in [1.165, 1.54) is 4.31 Å². The lowest BCUT2D eigenvalue weighted by atomic mass is 10.3. The first kappa shape index (κ1) is 26.0. The first-order chi connectivity index (χ1) is 16.5. The van der Waals surface area contributed by atoms with E-state index in [0.29, 0.717) is 24.6 Å². The Bertz CT molecular complexity index is 1250. The van der Waals surface area contributed by atoms with Gasteiger partial charge in [-0.3, -0.25) is 4.98 Å². The normalized spacial score (nSPS) is 13.8. The molecule has 3 aromatic rings. The second-order valence-electron chi connectivity index (χ2n) is 7.13. The Morgan fingerprint density at radius 1 is 1.14 bits per heavy atom. The van der Waals surface area contributed by atoms with Gasteiger partial charge in [-0.1, -0.05) is 0 Å². The molecule has 0 spiro atoms. The van der Waals surface area contributed by atoms with E-state index >= 15 is 0 Å². The summed E-state index contributed by atoms with van der Waals surface area (Å²) in [7, 11) is -2.06. The number of carboxylic acids is 1. The number of aliphatic carboxylic acids is 1. The van der Waals surface area contributed by atoms with Crippen molar-refractivity contribution in [2.45, 2.75) is 30.8 Å². The van der Waals surface area contributed by atoms with E-state index in [4.69, 9.17) is 19.4 Å². The molecule has 1 aliphatic rings. The number of rotatable bonds is 6. The molecule has 4 rings (SSSR count). The van der Waals surface area contributed by atoms with Gasteiger partial charge >= 0.3 is 12.1 Å². The first-order valence-corrected chi connectivity index (χ1v) is 11.5. The summed E-state index contributed by atoms with van der Waals surface area (Å²) in [6.07, 6.45) is -0.0508. The quantitative estimate of drug-likeness (QED) is 0.533. The highest BCUT2D eigenvalue weighted by atomic mass is 32.2. The van der Waals surface area contributed by atoms with Crippen molar-refractivity contribution in [3.05, 3.63) is 66.5 Å². The monoisotopic (exact) mass is 514 g/mol. The summed E-state index contributed by atoms with van der Waals surface area (Å²) < 4.78 is 72.1. The number of ether oxygens (including phenoxy) is 2. The third kappa shape index (κ3) is 6.48. The molecule has 188 valence electrons. The maximum absolute atomic E-state index is 13.0. The minimum absolute atomic E-state index is 0.245. The SMILES string of the molecule is COc1ccc(S(=O)(=O)N2CCn3cnc(COc4cccnc4)c3C2)cc1.O=C(O)C(F)(F)F. The zero-order valence-corrected chi connectivity index (χ0v) is 19.2. The molecule has 2 aromatic heterocycles. The first-order valence-electron chi connectivity index (χ1n) is 10.0. The number of alkyl halides is 3.